The van der Waals surface area contributed by atoms with Crippen LogP contribution < -0.4 is 5.73 Å². The molecule has 1 heteroatoms. The predicted molar refractivity (Wildman–Crippen MR) is 51.2 cm³/mol. The van der Waals surface area contributed by atoms with Crippen molar-refractivity contribution >= 4 is 0 Å². The SMILES string of the molecule is Cc1ccc(C2C[C@H]2N)cc1C. The summed E-state index contributed by atoms with van der Waals surface area (Å²) >= 11 is 0. The first-order valence-corrected chi connectivity index (χ1v) is 4.51. The van der Waals surface area contributed by atoms with E-state index in [1.165, 1.54) is 23.1 Å². The quantitative estimate of drug-likeness (QED) is 0.670. The second-order valence-corrected chi connectivity index (χ2v) is 3.85. The zero-order chi connectivity index (χ0) is 8.72. The third-order valence-electron chi connectivity index (χ3n) is 2.80. The van der Waals surface area contributed by atoms with E-state index in [0.717, 1.165) is 0 Å². The maximum Gasteiger partial charge on any atom is 0.0115 e. The summed E-state index contributed by atoms with van der Waals surface area (Å²) in [5.41, 5.74) is 9.96. The summed E-state index contributed by atoms with van der Waals surface area (Å²) in [4.78, 5) is 0. The monoisotopic (exact) mass is 161 g/mol. The second kappa shape index (κ2) is 2.60. The molecule has 1 aliphatic carbocycles. The fourth-order valence-corrected chi connectivity index (χ4v) is 1.59. The molecule has 2 N–H and O–H groups in total. The molecule has 0 bridgehead atoms. The Kier molecular flexibility index (Phi) is 1.69. The van der Waals surface area contributed by atoms with Crippen LogP contribution in [0.15, 0.2) is 18.2 Å². The van der Waals surface area contributed by atoms with Crippen LogP contribution in [-0.4, -0.2) is 6.04 Å². The number of aryl methyl sites for hydroxylation is 2. The Morgan fingerprint density at radius 3 is 2.42 bits per heavy atom. The third-order valence-corrected chi connectivity index (χ3v) is 2.80. The molecule has 64 valence electrons. The highest BCUT2D eigenvalue weighted by molar-refractivity contribution is 5.35. The Hall–Kier alpha value is -0.820. The average molecular weight is 161 g/mol. The van der Waals surface area contributed by atoms with Gasteiger partial charge in [0.1, 0.15) is 0 Å². The lowest BCUT2D eigenvalue weighted by Gasteiger charge is -2.03. The van der Waals surface area contributed by atoms with Crippen LogP contribution in [0.3, 0.4) is 0 Å². The molecule has 0 amide bonds. The Bertz CT molecular complexity index is 304. The standard InChI is InChI=1S/C11H15N/c1-7-3-4-9(5-8(7)2)10-6-11(10)12/h3-5,10-11H,6,12H2,1-2H3/t10?,11-/m1/s1. The molecule has 0 heterocycles. The van der Waals surface area contributed by atoms with Gasteiger partial charge in [-0.15, -0.1) is 0 Å². The van der Waals surface area contributed by atoms with Crippen LogP contribution in [-0.2, 0) is 0 Å². The molecule has 0 aliphatic heterocycles. The van der Waals surface area contributed by atoms with Crippen molar-refractivity contribution in [2.24, 2.45) is 5.73 Å². The first kappa shape index (κ1) is 7.81. The summed E-state index contributed by atoms with van der Waals surface area (Å²) < 4.78 is 0. The molecule has 0 aromatic heterocycles. The molecule has 0 saturated heterocycles. The van der Waals surface area contributed by atoms with E-state index >= 15 is 0 Å². The molecule has 1 aromatic carbocycles. The van der Waals surface area contributed by atoms with Gasteiger partial charge in [-0.1, -0.05) is 18.2 Å². The summed E-state index contributed by atoms with van der Waals surface area (Å²) in [6, 6.07) is 7.09. The van der Waals surface area contributed by atoms with Crippen LogP contribution in [0.4, 0.5) is 0 Å². The molecular weight excluding hydrogens is 146 g/mol. The zero-order valence-corrected chi connectivity index (χ0v) is 7.67. The van der Waals surface area contributed by atoms with Crippen molar-refractivity contribution in [2.45, 2.75) is 32.2 Å². The van der Waals surface area contributed by atoms with Gasteiger partial charge in [0.2, 0.25) is 0 Å². The van der Waals surface area contributed by atoms with E-state index < -0.39 is 0 Å². The van der Waals surface area contributed by atoms with Gasteiger partial charge in [0.05, 0.1) is 0 Å². The minimum absolute atomic E-state index is 0.423. The van der Waals surface area contributed by atoms with E-state index in [-0.39, 0.29) is 0 Å². The van der Waals surface area contributed by atoms with E-state index in [0.29, 0.717) is 12.0 Å². The summed E-state index contributed by atoms with van der Waals surface area (Å²) in [5.74, 6) is 0.643. The first-order valence-electron chi connectivity index (χ1n) is 4.51. The van der Waals surface area contributed by atoms with E-state index in [2.05, 4.69) is 32.0 Å². The van der Waals surface area contributed by atoms with Crippen LogP contribution in [0.2, 0.25) is 0 Å². The first-order chi connectivity index (χ1) is 5.68. The molecule has 0 spiro atoms. The Balaban J connectivity index is 2.29. The lowest BCUT2D eigenvalue weighted by molar-refractivity contribution is 0.987. The van der Waals surface area contributed by atoms with Gasteiger partial charge in [-0.3, -0.25) is 0 Å². The molecule has 2 atom stereocenters. The van der Waals surface area contributed by atoms with Crippen molar-refractivity contribution in [3.8, 4) is 0 Å². The van der Waals surface area contributed by atoms with E-state index in [9.17, 15) is 0 Å². The maximum absolute atomic E-state index is 5.79. The van der Waals surface area contributed by atoms with Gasteiger partial charge in [0, 0.05) is 12.0 Å². The van der Waals surface area contributed by atoms with Crippen molar-refractivity contribution < 1.29 is 0 Å². The lowest BCUT2D eigenvalue weighted by Crippen LogP contribution is -2.01. The molecule has 0 radical (unpaired) electrons. The molecule has 1 aliphatic rings. The van der Waals surface area contributed by atoms with E-state index in [1.54, 1.807) is 0 Å². The number of hydrogen-bond acceptors (Lipinski definition) is 1. The van der Waals surface area contributed by atoms with Gasteiger partial charge in [0.15, 0.2) is 0 Å². The topological polar surface area (TPSA) is 26.0 Å². The Morgan fingerprint density at radius 1 is 1.25 bits per heavy atom. The van der Waals surface area contributed by atoms with Crippen molar-refractivity contribution in [3.63, 3.8) is 0 Å². The van der Waals surface area contributed by atoms with Gasteiger partial charge in [-0.05, 0) is 37.0 Å². The normalized spacial score (nSPS) is 27.2. The smallest absolute Gasteiger partial charge is 0.0115 e. The second-order valence-electron chi connectivity index (χ2n) is 3.85. The molecular formula is C11H15N. The molecule has 12 heavy (non-hydrogen) atoms. The van der Waals surface area contributed by atoms with Crippen molar-refractivity contribution in [1.82, 2.24) is 0 Å². The third kappa shape index (κ3) is 1.25. The Morgan fingerprint density at radius 2 is 1.92 bits per heavy atom. The molecule has 1 aromatic rings. The van der Waals surface area contributed by atoms with Crippen LogP contribution in [0.5, 0.6) is 0 Å². The van der Waals surface area contributed by atoms with Crippen molar-refractivity contribution in [2.75, 3.05) is 0 Å². The minimum atomic E-state index is 0.423. The highest BCUT2D eigenvalue weighted by atomic mass is 14.7. The molecule has 2 rings (SSSR count). The molecule has 1 unspecified atom stereocenters. The highest BCUT2D eigenvalue weighted by Crippen LogP contribution is 2.39. The summed E-state index contributed by atoms with van der Waals surface area (Å²) in [6.45, 7) is 4.30. The van der Waals surface area contributed by atoms with Gasteiger partial charge in [-0.25, -0.2) is 0 Å². The Labute approximate surface area is 73.6 Å². The van der Waals surface area contributed by atoms with Crippen LogP contribution in [0.1, 0.15) is 29.0 Å². The summed E-state index contributed by atoms with van der Waals surface area (Å²) in [6.07, 6.45) is 1.17. The van der Waals surface area contributed by atoms with E-state index in [4.69, 9.17) is 5.73 Å². The van der Waals surface area contributed by atoms with Gasteiger partial charge >= 0.3 is 0 Å². The van der Waals surface area contributed by atoms with Crippen molar-refractivity contribution in [3.05, 3.63) is 34.9 Å². The largest absolute Gasteiger partial charge is 0.327 e. The zero-order valence-electron chi connectivity index (χ0n) is 7.67. The van der Waals surface area contributed by atoms with Gasteiger partial charge < -0.3 is 5.73 Å². The number of benzene rings is 1. The number of hydrogen-bond donors (Lipinski definition) is 1. The van der Waals surface area contributed by atoms with Crippen molar-refractivity contribution in [1.29, 1.82) is 0 Å². The fourth-order valence-electron chi connectivity index (χ4n) is 1.59. The van der Waals surface area contributed by atoms with Crippen LogP contribution in [0.25, 0.3) is 0 Å². The fraction of sp³-hybridized carbons (Fsp3) is 0.455. The molecule has 1 fully saturated rings. The maximum atomic E-state index is 5.79. The minimum Gasteiger partial charge on any atom is -0.327 e. The predicted octanol–water partition coefficient (Wildman–Crippen LogP) is 2.12. The molecule has 1 nitrogen and oxygen atoms in total. The van der Waals surface area contributed by atoms with Crippen LogP contribution in [0, 0.1) is 13.8 Å². The highest BCUT2D eigenvalue weighted by Gasteiger charge is 2.34. The summed E-state index contributed by atoms with van der Waals surface area (Å²) in [5, 5.41) is 0. The van der Waals surface area contributed by atoms with E-state index in [1.807, 2.05) is 0 Å². The van der Waals surface area contributed by atoms with Crippen LogP contribution >= 0.6 is 0 Å². The average Bonchev–Trinajstić information content (AvgIpc) is 2.73. The van der Waals surface area contributed by atoms with Gasteiger partial charge in [-0.2, -0.15) is 0 Å². The van der Waals surface area contributed by atoms with Gasteiger partial charge in [0.25, 0.3) is 0 Å². The number of nitrogens with two attached hydrogens (primary N) is 1. The number of rotatable bonds is 1. The lowest BCUT2D eigenvalue weighted by atomic mass is 10.0. The molecule has 1 saturated carbocycles. The summed E-state index contributed by atoms with van der Waals surface area (Å²) in [7, 11) is 0.